The van der Waals surface area contributed by atoms with Gasteiger partial charge in [-0.25, -0.2) is 0 Å². The topological polar surface area (TPSA) is 26.0 Å². The lowest BCUT2D eigenvalue weighted by Crippen LogP contribution is -2.12. The molecule has 1 unspecified atom stereocenters. The zero-order valence-corrected chi connectivity index (χ0v) is 12.2. The third-order valence-corrected chi connectivity index (χ3v) is 4.73. The summed E-state index contributed by atoms with van der Waals surface area (Å²) < 4.78 is 0. The Morgan fingerprint density at radius 3 is 2.50 bits per heavy atom. The first kappa shape index (κ1) is 13.9. The molecule has 0 aromatic heterocycles. The molecule has 100 valence electrons. The zero-order chi connectivity index (χ0) is 13.1. The van der Waals surface area contributed by atoms with Gasteiger partial charge in [-0.15, -0.1) is 0 Å². The molecule has 1 aromatic carbocycles. The van der Waals surface area contributed by atoms with Gasteiger partial charge in [-0.3, -0.25) is 0 Å². The molecule has 0 amide bonds. The van der Waals surface area contributed by atoms with Gasteiger partial charge >= 0.3 is 0 Å². The van der Waals surface area contributed by atoms with E-state index in [0.717, 1.165) is 10.9 Å². The van der Waals surface area contributed by atoms with Crippen LogP contribution in [0.15, 0.2) is 18.2 Å². The Hall–Kier alpha value is -0.530. The molecule has 1 atom stereocenters. The van der Waals surface area contributed by atoms with Gasteiger partial charge in [0.15, 0.2) is 0 Å². The van der Waals surface area contributed by atoms with E-state index >= 15 is 0 Å². The molecule has 0 spiro atoms. The summed E-state index contributed by atoms with van der Waals surface area (Å²) in [4.78, 5) is 0. The van der Waals surface area contributed by atoms with Crippen molar-refractivity contribution >= 4 is 11.6 Å². The van der Waals surface area contributed by atoms with Gasteiger partial charge in [0.25, 0.3) is 0 Å². The third kappa shape index (κ3) is 3.07. The van der Waals surface area contributed by atoms with E-state index < -0.39 is 0 Å². The number of nitrogens with two attached hydrogens (primary N) is 1. The Kier molecular flexibility index (Phi) is 4.69. The van der Waals surface area contributed by atoms with Crippen molar-refractivity contribution in [1.82, 2.24) is 0 Å². The van der Waals surface area contributed by atoms with Crippen molar-refractivity contribution in [3.63, 3.8) is 0 Å². The van der Waals surface area contributed by atoms with E-state index in [0.29, 0.717) is 18.4 Å². The molecule has 1 saturated carbocycles. The van der Waals surface area contributed by atoms with Crippen molar-refractivity contribution in [2.24, 2.45) is 11.7 Å². The van der Waals surface area contributed by atoms with Crippen LogP contribution in [-0.4, -0.2) is 6.54 Å². The van der Waals surface area contributed by atoms with Gasteiger partial charge in [0.1, 0.15) is 0 Å². The highest BCUT2D eigenvalue weighted by molar-refractivity contribution is 6.31. The summed E-state index contributed by atoms with van der Waals surface area (Å²) in [6.07, 6.45) is 5.24. The van der Waals surface area contributed by atoms with Gasteiger partial charge in [-0.05, 0) is 54.3 Å². The standard InChI is InChI=1S/C16H24ClN/c1-11-3-5-13(6-4-11)15-8-7-14(9-16(15)17)12(2)10-18/h7-9,11-13H,3-6,10,18H2,1-2H3. The normalized spacial score (nSPS) is 26.0. The summed E-state index contributed by atoms with van der Waals surface area (Å²) >= 11 is 6.46. The molecule has 2 N–H and O–H groups in total. The molecule has 1 fully saturated rings. The maximum absolute atomic E-state index is 6.46. The molecular weight excluding hydrogens is 242 g/mol. The molecule has 0 bridgehead atoms. The van der Waals surface area contributed by atoms with Crippen LogP contribution in [-0.2, 0) is 0 Å². The van der Waals surface area contributed by atoms with Gasteiger partial charge in [-0.1, -0.05) is 50.4 Å². The Labute approximate surface area is 116 Å². The number of benzene rings is 1. The number of hydrogen-bond acceptors (Lipinski definition) is 1. The van der Waals surface area contributed by atoms with Crippen LogP contribution in [0.25, 0.3) is 0 Å². The van der Waals surface area contributed by atoms with Gasteiger partial charge in [0, 0.05) is 5.02 Å². The second-order valence-electron chi connectivity index (χ2n) is 5.87. The summed E-state index contributed by atoms with van der Waals surface area (Å²) in [5.74, 6) is 1.94. The van der Waals surface area contributed by atoms with Crippen molar-refractivity contribution in [1.29, 1.82) is 0 Å². The summed E-state index contributed by atoms with van der Waals surface area (Å²) in [5.41, 5.74) is 8.31. The van der Waals surface area contributed by atoms with Gasteiger partial charge in [0.2, 0.25) is 0 Å². The summed E-state index contributed by atoms with van der Waals surface area (Å²) in [5, 5.41) is 0.937. The monoisotopic (exact) mass is 265 g/mol. The second-order valence-corrected chi connectivity index (χ2v) is 6.28. The van der Waals surface area contributed by atoms with Crippen LogP contribution in [0.3, 0.4) is 0 Å². The SMILES string of the molecule is CC1CCC(c2ccc(C(C)CN)cc2Cl)CC1. The molecule has 18 heavy (non-hydrogen) atoms. The van der Waals surface area contributed by atoms with E-state index in [4.69, 9.17) is 17.3 Å². The van der Waals surface area contributed by atoms with Crippen molar-refractivity contribution in [3.8, 4) is 0 Å². The minimum Gasteiger partial charge on any atom is -0.330 e. The predicted octanol–water partition coefficient (Wildman–Crippen LogP) is 4.70. The summed E-state index contributed by atoms with van der Waals surface area (Å²) in [7, 11) is 0. The van der Waals surface area contributed by atoms with Crippen LogP contribution in [0.5, 0.6) is 0 Å². The van der Waals surface area contributed by atoms with Crippen LogP contribution in [0.2, 0.25) is 5.02 Å². The lowest BCUT2D eigenvalue weighted by molar-refractivity contribution is 0.348. The van der Waals surface area contributed by atoms with Crippen LogP contribution in [0.4, 0.5) is 0 Å². The molecule has 2 heteroatoms. The lowest BCUT2D eigenvalue weighted by atomic mass is 9.79. The van der Waals surface area contributed by atoms with E-state index in [1.165, 1.54) is 36.8 Å². The molecule has 2 rings (SSSR count). The number of hydrogen-bond donors (Lipinski definition) is 1. The predicted molar refractivity (Wildman–Crippen MR) is 79.3 cm³/mol. The average molecular weight is 266 g/mol. The van der Waals surface area contributed by atoms with Crippen LogP contribution in [0.1, 0.15) is 62.5 Å². The Morgan fingerprint density at radius 2 is 1.94 bits per heavy atom. The molecule has 1 aliphatic carbocycles. The fourth-order valence-corrected chi connectivity index (χ4v) is 3.23. The zero-order valence-electron chi connectivity index (χ0n) is 11.5. The molecule has 0 heterocycles. The number of rotatable bonds is 3. The van der Waals surface area contributed by atoms with E-state index in [1.807, 2.05) is 0 Å². The van der Waals surface area contributed by atoms with Gasteiger partial charge in [0.05, 0.1) is 0 Å². The fourth-order valence-electron chi connectivity index (χ4n) is 2.89. The first-order chi connectivity index (χ1) is 8.61. The maximum atomic E-state index is 6.46. The Morgan fingerprint density at radius 1 is 1.28 bits per heavy atom. The highest BCUT2D eigenvalue weighted by Crippen LogP contribution is 2.39. The number of halogens is 1. The molecule has 1 nitrogen and oxygen atoms in total. The van der Waals surface area contributed by atoms with E-state index in [2.05, 4.69) is 32.0 Å². The first-order valence-corrected chi connectivity index (χ1v) is 7.49. The molecular formula is C16H24ClN. The quantitative estimate of drug-likeness (QED) is 0.843. The van der Waals surface area contributed by atoms with Gasteiger partial charge < -0.3 is 5.73 Å². The van der Waals surface area contributed by atoms with E-state index in [9.17, 15) is 0 Å². The minimum atomic E-state index is 0.392. The van der Waals surface area contributed by atoms with Crippen molar-refractivity contribution in [2.75, 3.05) is 6.54 Å². The van der Waals surface area contributed by atoms with E-state index in [-0.39, 0.29) is 0 Å². The Balaban J connectivity index is 2.14. The summed E-state index contributed by atoms with van der Waals surface area (Å²) in [6, 6.07) is 6.55. The highest BCUT2D eigenvalue weighted by Gasteiger charge is 2.21. The largest absolute Gasteiger partial charge is 0.330 e. The van der Waals surface area contributed by atoms with Crippen molar-refractivity contribution < 1.29 is 0 Å². The van der Waals surface area contributed by atoms with E-state index in [1.54, 1.807) is 0 Å². The van der Waals surface area contributed by atoms with Crippen LogP contribution < -0.4 is 5.73 Å². The van der Waals surface area contributed by atoms with Crippen LogP contribution in [0, 0.1) is 5.92 Å². The van der Waals surface area contributed by atoms with Crippen molar-refractivity contribution in [3.05, 3.63) is 34.3 Å². The summed E-state index contributed by atoms with van der Waals surface area (Å²) in [6.45, 7) is 5.17. The molecule has 1 aliphatic rings. The van der Waals surface area contributed by atoms with Gasteiger partial charge in [-0.2, -0.15) is 0 Å². The average Bonchev–Trinajstić information content (AvgIpc) is 2.39. The highest BCUT2D eigenvalue weighted by atomic mass is 35.5. The molecule has 0 radical (unpaired) electrons. The van der Waals surface area contributed by atoms with Crippen molar-refractivity contribution in [2.45, 2.75) is 51.4 Å². The van der Waals surface area contributed by atoms with Crippen LogP contribution >= 0.6 is 11.6 Å². The lowest BCUT2D eigenvalue weighted by Gasteiger charge is -2.27. The molecule has 0 saturated heterocycles. The smallest absolute Gasteiger partial charge is 0.0443 e. The maximum Gasteiger partial charge on any atom is 0.0443 e. The molecule has 1 aromatic rings. The fraction of sp³-hybridized carbons (Fsp3) is 0.625. The first-order valence-electron chi connectivity index (χ1n) is 7.11. The second kappa shape index (κ2) is 6.08. The Bertz CT molecular complexity index is 394. The third-order valence-electron chi connectivity index (χ3n) is 4.40. The minimum absolute atomic E-state index is 0.392. The molecule has 0 aliphatic heterocycles.